The van der Waals surface area contributed by atoms with Gasteiger partial charge in [0, 0.05) is 5.56 Å². The maximum Gasteiger partial charge on any atom is 0.277 e. The van der Waals surface area contributed by atoms with Crippen LogP contribution in [0.1, 0.15) is 16.7 Å². The lowest BCUT2D eigenvalue weighted by molar-refractivity contribution is -0.123. The second-order valence-corrected chi connectivity index (χ2v) is 5.09. The highest BCUT2D eigenvalue weighted by Gasteiger charge is 2.04. The van der Waals surface area contributed by atoms with E-state index in [1.165, 1.54) is 6.21 Å². The van der Waals surface area contributed by atoms with Crippen molar-refractivity contribution in [3.63, 3.8) is 0 Å². The molecule has 0 spiro atoms. The first-order valence-corrected chi connectivity index (χ1v) is 7.25. The maximum absolute atomic E-state index is 11.8. The summed E-state index contributed by atoms with van der Waals surface area (Å²) in [7, 11) is 1.59. The number of amides is 1. The van der Waals surface area contributed by atoms with Crippen molar-refractivity contribution >= 4 is 12.1 Å². The fourth-order valence-corrected chi connectivity index (χ4v) is 1.99. The minimum absolute atomic E-state index is 0.0897. The Morgan fingerprint density at radius 2 is 1.96 bits per heavy atom. The van der Waals surface area contributed by atoms with Gasteiger partial charge in [0.1, 0.15) is 11.5 Å². The summed E-state index contributed by atoms with van der Waals surface area (Å²) in [5.74, 6) is 1.07. The van der Waals surface area contributed by atoms with Crippen molar-refractivity contribution in [2.24, 2.45) is 5.10 Å². The topological polar surface area (TPSA) is 59.9 Å². The zero-order valence-corrected chi connectivity index (χ0v) is 13.5. The molecule has 5 heteroatoms. The minimum atomic E-state index is -0.322. The highest BCUT2D eigenvalue weighted by Crippen LogP contribution is 2.18. The Kier molecular flexibility index (Phi) is 5.74. The van der Waals surface area contributed by atoms with Gasteiger partial charge in [0.2, 0.25) is 0 Å². The molecule has 0 saturated heterocycles. The number of methoxy groups -OCH3 is 1. The van der Waals surface area contributed by atoms with Crippen LogP contribution in [0, 0.1) is 13.8 Å². The largest absolute Gasteiger partial charge is 0.496 e. The Balaban J connectivity index is 1.88. The molecule has 0 saturated carbocycles. The van der Waals surface area contributed by atoms with Crippen LogP contribution in [0.4, 0.5) is 0 Å². The maximum atomic E-state index is 11.8. The zero-order chi connectivity index (χ0) is 16.7. The number of hydrogen-bond donors (Lipinski definition) is 1. The van der Waals surface area contributed by atoms with E-state index in [4.69, 9.17) is 9.47 Å². The molecular weight excluding hydrogens is 292 g/mol. The van der Waals surface area contributed by atoms with Crippen LogP contribution >= 0.6 is 0 Å². The molecule has 0 aliphatic carbocycles. The fourth-order valence-electron chi connectivity index (χ4n) is 1.99. The van der Waals surface area contributed by atoms with Gasteiger partial charge in [0.05, 0.1) is 13.3 Å². The second-order valence-electron chi connectivity index (χ2n) is 5.09. The third-order valence-electron chi connectivity index (χ3n) is 3.23. The average molecular weight is 312 g/mol. The van der Waals surface area contributed by atoms with Crippen LogP contribution in [0.5, 0.6) is 11.5 Å². The van der Waals surface area contributed by atoms with Gasteiger partial charge >= 0.3 is 0 Å². The van der Waals surface area contributed by atoms with Crippen molar-refractivity contribution in [3.05, 3.63) is 59.2 Å². The molecule has 0 heterocycles. The van der Waals surface area contributed by atoms with Crippen LogP contribution in [0.3, 0.4) is 0 Å². The lowest BCUT2D eigenvalue weighted by Crippen LogP contribution is -2.24. The molecule has 23 heavy (non-hydrogen) atoms. The van der Waals surface area contributed by atoms with Crippen molar-refractivity contribution < 1.29 is 14.3 Å². The summed E-state index contributed by atoms with van der Waals surface area (Å²) in [5, 5.41) is 3.92. The first-order valence-electron chi connectivity index (χ1n) is 7.25. The fraction of sp³-hybridized carbons (Fsp3) is 0.222. The number of benzene rings is 2. The van der Waals surface area contributed by atoms with Gasteiger partial charge in [0.15, 0.2) is 6.61 Å². The monoisotopic (exact) mass is 312 g/mol. The van der Waals surface area contributed by atoms with E-state index < -0.39 is 0 Å². The highest BCUT2D eigenvalue weighted by atomic mass is 16.5. The second kappa shape index (κ2) is 7.98. The lowest BCUT2D eigenvalue weighted by Gasteiger charge is -2.09. The van der Waals surface area contributed by atoms with E-state index in [1.807, 2.05) is 56.3 Å². The number of hydrogen-bond acceptors (Lipinski definition) is 4. The molecule has 120 valence electrons. The van der Waals surface area contributed by atoms with E-state index in [0.29, 0.717) is 11.5 Å². The smallest absolute Gasteiger partial charge is 0.277 e. The van der Waals surface area contributed by atoms with E-state index in [0.717, 1.165) is 16.7 Å². The Morgan fingerprint density at radius 3 is 2.74 bits per heavy atom. The summed E-state index contributed by atoms with van der Waals surface area (Å²) in [6, 6.07) is 13.3. The molecule has 0 fully saturated rings. The molecule has 5 nitrogen and oxygen atoms in total. The third-order valence-corrected chi connectivity index (χ3v) is 3.23. The predicted octanol–water partition coefficient (Wildman–Crippen LogP) is 2.84. The molecule has 2 aromatic rings. The first kappa shape index (κ1) is 16.5. The highest BCUT2D eigenvalue weighted by molar-refractivity contribution is 5.85. The quantitative estimate of drug-likeness (QED) is 0.659. The summed E-state index contributed by atoms with van der Waals surface area (Å²) < 4.78 is 10.7. The standard InChI is InChI=1S/C18H20N2O3/c1-13-8-9-14(2)17(10-13)23-12-18(21)20-19-11-15-6-4-5-7-16(15)22-3/h4-11H,12H2,1-3H3,(H,20,21)/b19-11+. The molecule has 1 amide bonds. The summed E-state index contributed by atoms with van der Waals surface area (Å²) in [5.41, 5.74) is 5.29. The van der Waals surface area contributed by atoms with E-state index >= 15 is 0 Å². The summed E-state index contributed by atoms with van der Waals surface area (Å²) >= 11 is 0. The van der Waals surface area contributed by atoms with Crippen molar-refractivity contribution in [2.45, 2.75) is 13.8 Å². The summed E-state index contributed by atoms with van der Waals surface area (Å²) in [4.78, 5) is 11.8. The van der Waals surface area contributed by atoms with E-state index in [1.54, 1.807) is 7.11 Å². The average Bonchev–Trinajstić information content (AvgIpc) is 2.56. The first-order chi connectivity index (χ1) is 11.1. The summed E-state index contributed by atoms with van der Waals surface area (Å²) in [6.07, 6.45) is 1.54. The number of hydrazone groups is 1. The molecule has 0 bridgehead atoms. The lowest BCUT2D eigenvalue weighted by atomic mass is 10.1. The van der Waals surface area contributed by atoms with Gasteiger partial charge in [-0.1, -0.05) is 24.3 Å². The number of nitrogens with zero attached hydrogens (tertiary/aromatic N) is 1. The molecular formula is C18H20N2O3. The predicted molar refractivity (Wildman–Crippen MR) is 90.1 cm³/mol. The van der Waals surface area contributed by atoms with Crippen molar-refractivity contribution in [3.8, 4) is 11.5 Å². The van der Waals surface area contributed by atoms with Gasteiger partial charge in [-0.3, -0.25) is 4.79 Å². The van der Waals surface area contributed by atoms with Gasteiger partial charge in [-0.25, -0.2) is 5.43 Å². The molecule has 0 unspecified atom stereocenters. The summed E-state index contributed by atoms with van der Waals surface area (Å²) in [6.45, 7) is 3.82. The SMILES string of the molecule is COc1ccccc1/C=N/NC(=O)COc1cc(C)ccc1C. The Morgan fingerprint density at radius 1 is 1.17 bits per heavy atom. The molecule has 2 rings (SSSR count). The van der Waals surface area contributed by atoms with E-state index in [-0.39, 0.29) is 12.5 Å². The van der Waals surface area contributed by atoms with Gasteiger partial charge < -0.3 is 9.47 Å². The number of nitrogens with one attached hydrogen (secondary N) is 1. The van der Waals surface area contributed by atoms with Crippen molar-refractivity contribution in [1.82, 2.24) is 5.43 Å². The Labute approximate surface area is 135 Å². The number of aryl methyl sites for hydroxylation is 2. The third kappa shape index (κ3) is 4.85. The van der Waals surface area contributed by atoms with Crippen LogP contribution in [0.25, 0.3) is 0 Å². The van der Waals surface area contributed by atoms with Crippen LogP contribution < -0.4 is 14.9 Å². The minimum Gasteiger partial charge on any atom is -0.496 e. The molecule has 2 aromatic carbocycles. The molecule has 1 N–H and O–H groups in total. The van der Waals surface area contributed by atoms with E-state index in [2.05, 4.69) is 10.5 Å². The molecule has 0 aromatic heterocycles. The Bertz CT molecular complexity index is 711. The zero-order valence-electron chi connectivity index (χ0n) is 13.5. The number of para-hydroxylation sites is 1. The van der Waals surface area contributed by atoms with Crippen LogP contribution in [-0.4, -0.2) is 25.8 Å². The Hall–Kier alpha value is -2.82. The van der Waals surface area contributed by atoms with E-state index in [9.17, 15) is 4.79 Å². The molecule has 0 aliphatic heterocycles. The van der Waals surface area contributed by atoms with Crippen LogP contribution in [-0.2, 0) is 4.79 Å². The van der Waals surface area contributed by atoms with Crippen LogP contribution in [0.15, 0.2) is 47.6 Å². The van der Waals surface area contributed by atoms with Crippen LogP contribution in [0.2, 0.25) is 0 Å². The molecule has 0 radical (unpaired) electrons. The number of carbonyl (C=O) groups excluding carboxylic acids is 1. The van der Waals surface area contributed by atoms with Crippen molar-refractivity contribution in [2.75, 3.05) is 13.7 Å². The number of rotatable bonds is 6. The molecule has 0 atom stereocenters. The number of ether oxygens (including phenoxy) is 2. The molecule has 0 aliphatic rings. The number of carbonyl (C=O) groups is 1. The van der Waals surface area contributed by atoms with Crippen molar-refractivity contribution in [1.29, 1.82) is 0 Å². The van der Waals surface area contributed by atoms with Gasteiger partial charge in [-0.05, 0) is 43.2 Å². The normalized spacial score (nSPS) is 10.6. The van der Waals surface area contributed by atoms with Gasteiger partial charge in [-0.15, -0.1) is 0 Å². The van der Waals surface area contributed by atoms with Gasteiger partial charge in [0.25, 0.3) is 5.91 Å². The van der Waals surface area contributed by atoms with Gasteiger partial charge in [-0.2, -0.15) is 5.10 Å².